The molecule has 1 aromatic rings. The van der Waals surface area contributed by atoms with Crippen molar-refractivity contribution in [3.63, 3.8) is 0 Å². The highest BCUT2D eigenvalue weighted by atomic mass is 16.6. The summed E-state index contributed by atoms with van der Waals surface area (Å²) in [5.41, 5.74) is 2.68. The van der Waals surface area contributed by atoms with Crippen LogP contribution in [0.5, 0.6) is 11.5 Å². The van der Waals surface area contributed by atoms with Crippen molar-refractivity contribution in [1.82, 2.24) is 0 Å². The van der Waals surface area contributed by atoms with Crippen LogP contribution in [-0.2, 0) is 11.2 Å². The number of esters is 1. The molecule has 1 atom stereocenters. The minimum absolute atomic E-state index is 0.0969. The second-order valence-electron chi connectivity index (χ2n) is 5.94. The molecule has 0 aromatic heterocycles. The number of fused-ring (bicyclic) bond motifs is 3. The van der Waals surface area contributed by atoms with Crippen LogP contribution in [0.1, 0.15) is 54.6 Å². The van der Waals surface area contributed by atoms with Crippen molar-refractivity contribution >= 4 is 17.8 Å². The van der Waals surface area contributed by atoms with Gasteiger partial charge in [-0.1, -0.05) is 25.8 Å². The summed E-state index contributed by atoms with van der Waals surface area (Å²) in [5, 5.41) is 9.78. The number of ether oxygens (including phenoxy) is 2. The van der Waals surface area contributed by atoms with Crippen LogP contribution in [0.25, 0.3) is 6.08 Å². The Morgan fingerprint density at radius 1 is 1.33 bits per heavy atom. The first-order chi connectivity index (χ1) is 11.5. The SMILES string of the molecule is CCCC1=CC(=O)Oc2c(C(=O)CC)cc3c(c2C1)OC(O)C=C3. The van der Waals surface area contributed by atoms with Crippen LogP contribution in [0.2, 0.25) is 0 Å². The number of carbonyl (C=O) groups excluding carboxylic acids is 2. The van der Waals surface area contributed by atoms with Gasteiger partial charge in [-0.05, 0) is 24.6 Å². The third-order valence-electron chi connectivity index (χ3n) is 4.15. The molecule has 3 rings (SSSR count). The Labute approximate surface area is 140 Å². The molecular formula is C19H20O5. The minimum Gasteiger partial charge on any atom is -0.460 e. The lowest BCUT2D eigenvalue weighted by molar-refractivity contribution is -0.129. The normalized spacial score (nSPS) is 18.7. The van der Waals surface area contributed by atoms with Crippen LogP contribution < -0.4 is 9.47 Å². The predicted molar refractivity (Wildman–Crippen MR) is 89.1 cm³/mol. The molecule has 0 aliphatic carbocycles. The third kappa shape index (κ3) is 2.99. The standard InChI is InChI=1S/C19H20O5/c1-3-5-11-8-14-18-12(6-7-16(21)23-18)10-13(15(20)4-2)19(14)24-17(22)9-11/h6-7,9-10,16,21H,3-5,8H2,1-2H3. The molecule has 2 aliphatic rings. The lowest BCUT2D eigenvalue weighted by atomic mass is 9.92. The van der Waals surface area contributed by atoms with Gasteiger partial charge in [0, 0.05) is 30.0 Å². The van der Waals surface area contributed by atoms with Crippen LogP contribution in [0.15, 0.2) is 23.8 Å². The molecule has 0 saturated heterocycles. The molecule has 2 aliphatic heterocycles. The summed E-state index contributed by atoms with van der Waals surface area (Å²) in [6, 6.07) is 1.67. The van der Waals surface area contributed by atoms with Gasteiger partial charge in [0.05, 0.1) is 5.56 Å². The van der Waals surface area contributed by atoms with Gasteiger partial charge in [0.25, 0.3) is 0 Å². The lowest BCUT2D eigenvalue weighted by Gasteiger charge is -2.23. The van der Waals surface area contributed by atoms with Gasteiger partial charge in [-0.25, -0.2) is 4.79 Å². The summed E-state index contributed by atoms with van der Waals surface area (Å²) in [7, 11) is 0. The largest absolute Gasteiger partial charge is 0.460 e. The molecule has 0 radical (unpaired) electrons. The van der Waals surface area contributed by atoms with E-state index in [9.17, 15) is 14.7 Å². The number of hydrogen-bond acceptors (Lipinski definition) is 5. The maximum Gasteiger partial charge on any atom is 0.336 e. The fraction of sp³-hybridized carbons (Fsp3) is 0.368. The monoisotopic (exact) mass is 328 g/mol. The third-order valence-corrected chi connectivity index (χ3v) is 4.15. The Morgan fingerprint density at radius 3 is 2.83 bits per heavy atom. The maximum atomic E-state index is 12.3. The number of aliphatic hydroxyl groups is 1. The highest BCUT2D eigenvalue weighted by molar-refractivity contribution is 6.02. The number of allylic oxidation sites excluding steroid dienone is 1. The Bertz CT molecular complexity index is 758. The van der Waals surface area contributed by atoms with E-state index in [1.165, 1.54) is 12.2 Å². The van der Waals surface area contributed by atoms with Gasteiger partial charge in [-0.2, -0.15) is 0 Å². The second-order valence-corrected chi connectivity index (χ2v) is 5.94. The summed E-state index contributed by atoms with van der Waals surface area (Å²) < 4.78 is 11.0. The lowest BCUT2D eigenvalue weighted by Crippen LogP contribution is -2.18. The molecule has 1 aromatic carbocycles. The first-order valence-electron chi connectivity index (χ1n) is 8.20. The number of aliphatic hydroxyl groups excluding tert-OH is 1. The van der Waals surface area contributed by atoms with Crippen molar-refractivity contribution in [1.29, 1.82) is 0 Å². The molecule has 1 N–H and O–H groups in total. The van der Waals surface area contributed by atoms with Gasteiger partial charge >= 0.3 is 5.97 Å². The highest BCUT2D eigenvalue weighted by Gasteiger charge is 2.29. The molecule has 2 heterocycles. The van der Waals surface area contributed by atoms with Gasteiger partial charge in [0.15, 0.2) is 5.78 Å². The molecule has 1 unspecified atom stereocenters. The first kappa shape index (κ1) is 16.5. The molecule has 5 nitrogen and oxygen atoms in total. The molecule has 24 heavy (non-hydrogen) atoms. The van der Waals surface area contributed by atoms with Gasteiger partial charge in [0.2, 0.25) is 6.29 Å². The van der Waals surface area contributed by atoms with E-state index in [1.807, 2.05) is 6.92 Å². The minimum atomic E-state index is -1.05. The van der Waals surface area contributed by atoms with Crippen molar-refractivity contribution in [3.05, 3.63) is 40.5 Å². The molecule has 0 saturated carbocycles. The van der Waals surface area contributed by atoms with E-state index in [0.717, 1.165) is 18.4 Å². The zero-order valence-electron chi connectivity index (χ0n) is 13.8. The highest BCUT2D eigenvalue weighted by Crippen LogP contribution is 2.42. The fourth-order valence-electron chi connectivity index (χ4n) is 3.07. The van der Waals surface area contributed by atoms with E-state index >= 15 is 0 Å². The average molecular weight is 328 g/mol. The van der Waals surface area contributed by atoms with E-state index in [-0.39, 0.29) is 11.5 Å². The van der Waals surface area contributed by atoms with Crippen molar-refractivity contribution in [3.8, 4) is 11.5 Å². The Hall–Kier alpha value is -2.40. The number of Topliss-reactive ketones (excluding diaryl/α,β-unsaturated/α-hetero) is 1. The summed E-state index contributed by atoms with van der Waals surface area (Å²) in [5.74, 6) is 0.161. The number of benzene rings is 1. The summed E-state index contributed by atoms with van der Waals surface area (Å²) >= 11 is 0. The van der Waals surface area contributed by atoms with E-state index in [1.54, 1.807) is 19.1 Å². The summed E-state index contributed by atoms with van der Waals surface area (Å²) in [6.07, 6.45) is 6.11. The van der Waals surface area contributed by atoms with E-state index < -0.39 is 12.3 Å². The Morgan fingerprint density at radius 2 is 2.12 bits per heavy atom. The van der Waals surface area contributed by atoms with Gasteiger partial charge in [0.1, 0.15) is 11.5 Å². The quantitative estimate of drug-likeness (QED) is 0.522. The zero-order chi connectivity index (χ0) is 17.3. The fourth-order valence-corrected chi connectivity index (χ4v) is 3.07. The van der Waals surface area contributed by atoms with E-state index in [4.69, 9.17) is 9.47 Å². The maximum absolute atomic E-state index is 12.3. The van der Waals surface area contributed by atoms with E-state index in [0.29, 0.717) is 35.3 Å². The molecule has 0 bridgehead atoms. The van der Waals surface area contributed by atoms with Gasteiger partial charge in [-0.3, -0.25) is 4.79 Å². The molecular weight excluding hydrogens is 308 g/mol. The van der Waals surface area contributed by atoms with Crippen LogP contribution in [0, 0.1) is 0 Å². The van der Waals surface area contributed by atoms with Crippen molar-refractivity contribution in [2.45, 2.75) is 45.8 Å². The van der Waals surface area contributed by atoms with E-state index in [2.05, 4.69) is 0 Å². The Kier molecular flexibility index (Phi) is 4.53. The number of hydrogen-bond donors (Lipinski definition) is 1. The number of carbonyl (C=O) groups is 2. The second kappa shape index (κ2) is 6.61. The molecule has 0 fully saturated rings. The van der Waals surface area contributed by atoms with Gasteiger partial charge < -0.3 is 14.6 Å². The van der Waals surface area contributed by atoms with Crippen molar-refractivity contribution in [2.24, 2.45) is 0 Å². The van der Waals surface area contributed by atoms with Crippen LogP contribution >= 0.6 is 0 Å². The van der Waals surface area contributed by atoms with Crippen LogP contribution in [0.4, 0.5) is 0 Å². The number of ketones is 1. The van der Waals surface area contributed by atoms with Crippen molar-refractivity contribution < 1.29 is 24.2 Å². The molecule has 0 amide bonds. The van der Waals surface area contributed by atoms with Crippen LogP contribution in [-0.4, -0.2) is 23.1 Å². The summed E-state index contributed by atoms with van der Waals surface area (Å²) in [6.45, 7) is 3.80. The molecule has 0 spiro atoms. The first-order valence-corrected chi connectivity index (χ1v) is 8.20. The van der Waals surface area contributed by atoms with Gasteiger partial charge in [-0.15, -0.1) is 0 Å². The smallest absolute Gasteiger partial charge is 0.336 e. The predicted octanol–water partition coefficient (Wildman–Crippen LogP) is 3.19. The zero-order valence-corrected chi connectivity index (χ0v) is 13.8. The molecule has 126 valence electrons. The topological polar surface area (TPSA) is 72.8 Å². The molecule has 5 heteroatoms. The van der Waals surface area contributed by atoms with Crippen molar-refractivity contribution in [2.75, 3.05) is 0 Å². The Balaban J connectivity index is 2.21. The summed E-state index contributed by atoms with van der Waals surface area (Å²) in [4.78, 5) is 24.5. The van der Waals surface area contributed by atoms with Crippen LogP contribution in [0.3, 0.4) is 0 Å². The average Bonchev–Trinajstić information content (AvgIpc) is 2.72. The number of rotatable bonds is 4.